The molecule has 0 heterocycles. The number of halogens is 1. The molecule has 2 rings (SSSR count). The van der Waals surface area contributed by atoms with E-state index in [0.717, 1.165) is 32.4 Å². The molecule has 1 amide bonds. The van der Waals surface area contributed by atoms with Crippen LogP contribution in [0.15, 0.2) is 46.4 Å². The maximum atomic E-state index is 12.4. The molecule has 0 saturated heterocycles. The molecule has 0 fully saturated rings. The van der Waals surface area contributed by atoms with Crippen LogP contribution in [-0.2, 0) is 4.79 Å². The third-order valence-electron chi connectivity index (χ3n) is 3.44. The van der Waals surface area contributed by atoms with Gasteiger partial charge in [-0.2, -0.15) is 5.26 Å². The first-order valence-electron chi connectivity index (χ1n) is 7.17. The molecular weight excluding hydrogens is 352 g/mol. The Morgan fingerprint density at radius 3 is 2.39 bits per heavy atom. The highest BCUT2D eigenvalue weighted by atomic mass is 79.9. The molecule has 0 unspecified atom stereocenters. The van der Waals surface area contributed by atoms with E-state index >= 15 is 0 Å². The van der Waals surface area contributed by atoms with E-state index in [9.17, 15) is 10.1 Å². The fourth-order valence-electron chi connectivity index (χ4n) is 2.47. The lowest BCUT2D eigenvalue weighted by molar-refractivity contribution is -0.112. The number of nitriles is 1. The normalized spacial score (nSPS) is 11.0. The minimum absolute atomic E-state index is 0.0717. The third kappa shape index (κ3) is 4.30. The van der Waals surface area contributed by atoms with Crippen LogP contribution in [0.5, 0.6) is 0 Å². The van der Waals surface area contributed by atoms with Gasteiger partial charge in [0.2, 0.25) is 0 Å². The van der Waals surface area contributed by atoms with E-state index in [4.69, 9.17) is 0 Å². The topological polar surface area (TPSA) is 52.9 Å². The average molecular weight is 369 g/mol. The zero-order valence-corrected chi connectivity index (χ0v) is 14.9. The van der Waals surface area contributed by atoms with Gasteiger partial charge < -0.3 is 5.32 Å². The molecule has 116 valence electrons. The largest absolute Gasteiger partial charge is 0.321 e. The molecular formula is C19H17BrN2O. The van der Waals surface area contributed by atoms with Gasteiger partial charge in [0.05, 0.1) is 0 Å². The van der Waals surface area contributed by atoms with Crippen molar-refractivity contribution in [1.82, 2.24) is 0 Å². The minimum Gasteiger partial charge on any atom is -0.321 e. The summed E-state index contributed by atoms with van der Waals surface area (Å²) in [6.45, 7) is 5.90. The number of aryl methyl sites for hydroxylation is 3. The number of nitrogens with one attached hydrogen (secondary N) is 1. The Balaban J connectivity index is 2.30. The lowest BCUT2D eigenvalue weighted by atomic mass is 10.0. The van der Waals surface area contributed by atoms with E-state index in [1.165, 1.54) is 0 Å². The molecule has 23 heavy (non-hydrogen) atoms. The number of carbonyl (C=O) groups is 1. The van der Waals surface area contributed by atoms with Crippen molar-refractivity contribution in [3.05, 3.63) is 68.7 Å². The Hall–Kier alpha value is -2.38. The van der Waals surface area contributed by atoms with Gasteiger partial charge in [0.15, 0.2) is 0 Å². The van der Waals surface area contributed by atoms with E-state index in [0.29, 0.717) is 0 Å². The van der Waals surface area contributed by atoms with Crippen molar-refractivity contribution in [3.8, 4) is 6.07 Å². The molecule has 2 aromatic carbocycles. The highest BCUT2D eigenvalue weighted by Crippen LogP contribution is 2.23. The van der Waals surface area contributed by atoms with Gasteiger partial charge in [0.25, 0.3) is 5.91 Å². The Morgan fingerprint density at radius 1 is 1.17 bits per heavy atom. The molecule has 0 aromatic heterocycles. The molecule has 2 aromatic rings. The highest BCUT2D eigenvalue weighted by Gasteiger charge is 2.13. The second-order valence-corrected chi connectivity index (χ2v) is 6.37. The number of hydrogen-bond acceptors (Lipinski definition) is 2. The number of benzene rings is 2. The second-order valence-electron chi connectivity index (χ2n) is 5.45. The van der Waals surface area contributed by atoms with Gasteiger partial charge in [-0.15, -0.1) is 0 Å². The van der Waals surface area contributed by atoms with E-state index in [1.807, 2.05) is 63.2 Å². The number of hydrogen-bond donors (Lipinski definition) is 1. The Bertz CT molecular complexity index is 808. The van der Waals surface area contributed by atoms with Crippen molar-refractivity contribution in [2.75, 3.05) is 5.32 Å². The van der Waals surface area contributed by atoms with E-state index in [2.05, 4.69) is 21.2 Å². The van der Waals surface area contributed by atoms with Crippen LogP contribution in [0.1, 0.15) is 22.3 Å². The number of amides is 1. The van der Waals surface area contributed by atoms with Gasteiger partial charge in [0, 0.05) is 10.2 Å². The van der Waals surface area contributed by atoms with Crippen molar-refractivity contribution >= 4 is 33.6 Å². The standard InChI is InChI=1S/C19H17BrN2O/c1-12-7-13(2)18(14(3)8-12)22-19(23)16(11-21)9-15-5-4-6-17(20)10-15/h4-10H,1-3H3,(H,22,23). The van der Waals surface area contributed by atoms with Gasteiger partial charge in [0.1, 0.15) is 11.6 Å². The number of nitrogens with zero attached hydrogens (tertiary/aromatic N) is 1. The fraction of sp³-hybridized carbons (Fsp3) is 0.158. The average Bonchev–Trinajstić information content (AvgIpc) is 2.48. The molecule has 0 saturated carbocycles. The van der Waals surface area contributed by atoms with Crippen LogP contribution in [0, 0.1) is 32.1 Å². The number of anilines is 1. The summed E-state index contributed by atoms with van der Waals surface area (Å²) < 4.78 is 0.897. The summed E-state index contributed by atoms with van der Waals surface area (Å²) in [4.78, 5) is 12.4. The Morgan fingerprint density at radius 2 is 1.83 bits per heavy atom. The maximum absolute atomic E-state index is 12.4. The monoisotopic (exact) mass is 368 g/mol. The molecule has 0 atom stereocenters. The van der Waals surface area contributed by atoms with E-state index in [1.54, 1.807) is 6.08 Å². The summed E-state index contributed by atoms with van der Waals surface area (Å²) in [6, 6.07) is 13.4. The molecule has 0 aliphatic carbocycles. The fourth-order valence-corrected chi connectivity index (χ4v) is 2.89. The Kier molecular flexibility index (Phi) is 5.36. The molecule has 1 N–H and O–H groups in total. The Labute approximate surface area is 144 Å². The van der Waals surface area contributed by atoms with Gasteiger partial charge in [-0.05, 0) is 55.7 Å². The van der Waals surface area contributed by atoms with Gasteiger partial charge in [-0.1, -0.05) is 45.8 Å². The summed E-state index contributed by atoms with van der Waals surface area (Å²) in [7, 11) is 0. The van der Waals surface area contributed by atoms with Crippen LogP contribution < -0.4 is 5.32 Å². The molecule has 3 nitrogen and oxygen atoms in total. The first-order valence-corrected chi connectivity index (χ1v) is 7.96. The maximum Gasteiger partial charge on any atom is 0.266 e. The summed E-state index contributed by atoms with van der Waals surface area (Å²) in [5.41, 5.74) is 4.73. The minimum atomic E-state index is -0.400. The summed E-state index contributed by atoms with van der Waals surface area (Å²) in [5.74, 6) is -0.400. The summed E-state index contributed by atoms with van der Waals surface area (Å²) in [6.07, 6.45) is 1.58. The number of carbonyl (C=O) groups excluding carboxylic acids is 1. The van der Waals surface area contributed by atoms with Crippen LogP contribution in [-0.4, -0.2) is 5.91 Å². The predicted octanol–water partition coefficient (Wildman–Crippen LogP) is 4.92. The second kappa shape index (κ2) is 7.26. The van der Waals surface area contributed by atoms with Crippen LogP contribution in [0.3, 0.4) is 0 Å². The smallest absolute Gasteiger partial charge is 0.266 e. The van der Waals surface area contributed by atoms with Gasteiger partial charge in [-0.3, -0.25) is 4.79 Å². The zero-order chi connectivity index (χ0) is 17.0. The van der Waals surface area contributed by atoms with E-state index in [-0.39, 0.29) is 5.57 Å². The van der Waals surface area contributed by atoms with E-state index < -0.39 is 5.91 Å². The first-order chi connectivity index (χ1) is 10.9. The molecule has 0 bridgehead atoms. The quantitative estimate of drug-likeness (QED) is 0.617. The SMILES string of the molecule is Cc1cc(C)c(NC(=O)C(C#N)=Cc2cccc(Br)c2)c(C)c1. The van der Waals surface area contributed by atoms with Crippen LogP contribution in [0.2, 0.25) is 0 Å². The number of rotatable bonds is 3. The molecule has 0 aliphatic rings. The zero-order valence-electron chi connectivity index (χ0n) is 13.3. The van der Waals surface area contributed by atoms with Crippen molar-refractivity contribution in [2.24, 2.45) is 0 Å². The molecule has 0 aliphatic heterocycles. The summed E-state index contributed by atoms with van der Waals surface area (Å²) in [5, 5.41) is 12.1. The third-order valence-corrected chi connectivity index (χ3v) is 3.93. The lowest BCUT2D eigenvalue weighted by Crippen LogP contribution is -2.15. The highest BCUT2D eigenvalue weighted by molar-refractivity contribution is 9.10. The summed E-state index contributed by atoms with van der Waals surface area (Å²) >= 11 is 3.38. The van der Waals surface area contributed by atoms with Crippen molar-refractivity contribution in [1.29, 1.82) is 5.26 Å². The first kappa shape index (κ1) is 17.0. The van der Waals surface area contributed by atoms with Crippen molar-refractivity contribution < 1.29 is 4.79 Å². The molecule has 0 spiro atoms. The van der Waals surface area contributed by atoms with Crippen LogP contribution in [0.25, 0.3) is 6.08 Å². The molecule has 0 radical (unpaired) electrons. The molecule has 4 heteroatoms. The van der Waals surface area contributed by atoms with Crippen molar-refractivity contribution in [3.63, 3.8) is 0 Å². The predicted molar refractivity (Wildman–Crippen MR) is 97.0 cm³/mol. The lowest BCUT2D eigenvalue weighted by Gasteiger charge is -2.12. The van der Waals surface area contributed by atoms with Crippen molar-refractivity contribution in [2.45, 2.75) is 20.8 Å². The van der Waals surface area contributed by atoms with Gasteiger partial charge in [-0.25, -0.2) is 0 Å². The van der Waals surface area contributed by atoms with Crippen LogP contribution >= 0.6 is 15.9 Å². The van der Waals surface area contributed by atoms with Gasteiger partial charge >= 0.3 is 0 Å². The van der Waals surface area contributed by atoms with Crippen LogP contribution in [0.4, 0.5) is 5.69 Å².